The van der Waals surface area contributed by atoms with Crippen LogP contribution >= 0.6 is 0 Å². The van der Waals surface area contributed by atoms with Gasteiger partial charge in [0.15, 0.2) is 12.0 Å². The summed E-state index contributed by atoms with van der Waals surface area (Å²) < 4.78 is 5.04. The number of hydrogen-bond acceptors (Lipinski definition) is 3. The normalized spacial score (nSPS) is 10.6. The van der Waals surface area contributed by atoms with Gasteiger partial charge in [0, 0.05) is 0 Å². The first kappa shape index (κ1) is 6.37. The third-order valence-electron chi connectivity index (χ3n) is 1.58. The van der Waals surface area contributed by atoms with Crippen molar-refractivity contribution in [1.82, 2.24) is 4.98 Å². The van der Waals surface area contributed by atoms with Crippen LogP contribution in [0.4, 0.5) is 0 Å². The zero-order valence-corrected chi connectivity index (χ0v) is 5.82. The van der Waals surface area contributed by atoms with Gasteiger partial charge in [-0.3, -0.25) is 0 Å². The minimum absolute atomic E-state index is 0.0383. The summed E-state index contributed by atoms with van der Waals surface area (Å²) in [4.78, 5) is 3.95. The van der Waals surface area contributed by atoms with Gasteiger partial charge in [-0.2, -0.15) is 0 Å². The molecule has 1 aromatic carbocycles. The minimum Gasteiger partial charge on any atom is -0.443 e. The molecule has 1 aromatic heterocycles. The van der Waals surface area contributed by atoms with Crippen LogP contribution in [0.25, 0.3) is 11.1 Å². The maximum Gasteiger partial charge on any atom is 0.181 e. The summed E-state index contributed by atoms with van der Waals surface area (Å²) in [6.45, 7) is 0.0383. The van der Waals surface area contributed by atoms with E-state index in [1.165, 1.54) is 6.39 Å². The molecule has 2 aromatic rings. The molecule has 0 saturated carbocycles. The van der Waals surface area contributed by atoms with Crippen LogP contribution in [0.5, 0.6) is 0 Å². The zero-order valence-electron chi connectivity index (χ0n) is 5.82. The van der Waals surface area contributed by atoms with Gasteiger partial charge in [-0.1, -0.05) is 6.07 Å². The fourth-order valence-electron chi connectivity index (χ4n) is 0.998. The number of rotatable bonds is 1. The Morgan fingerprint density at radius 3 is 3.18 bits per heavy atom. The number of aliphatic hydroxyl groups is 1. The molecule has 1 N–H and O–H groups in total. The molecule has 56 valence electrons. The van der Waals surface area contributed by atoms with Gasteiger partial charge in [-0.25, -0.2) is 4.98 Å². The molecule has 3 nitrogen and oxygen atoms in total. The van der Waals surface area contributed by atoms with Gasteiger partial charge < -0.3 is 9.52 Å². The topological polar surface area (TPSA) is 46.3 Å². The Kier molecular flexibility index (Phi) is 1.36. The van der Waals surface area contributed by atoms with Gasteiger partial charge >= 0.3 is 0 Å². The summed E-state index contributed by atoms with van der Waals surface area (Å²) in [6.07, 6.45) is 1.39. The summed E-state index contributed by atoms with van der Waals surface area (Å²) >= 11 is 0. The molecule has 0 saturated heterocycles. The highest BCUT2D eigenvalue weighted by molar-refractivity contribution is 5.72. The van der Waals surface area contributed by atoms with Crippen molar-refractivity contribution >= 4 is 11.1 Å². The van der Waals surface area contributed by atoms with Crippen molar-refractivity contribution in [3.8, 4) is 0 Å². The third kappa shape index (κ3) is 0.991. The zero-order chi connectivity index (χ0) is 7.68. The van der Waals surface area contributed by atoms with E-state index in [9.17, 15) is 0 Å². The average molecular weight is 149 g/mol. The molecule has 2 rings (SSSR count). The van der Waals surface area contributed by atoms with Crippen molar-refractivity contribution in [3.63, 3.8) is 0 Å². The van der Waals surface area contributed by atoms with Gasteiger partial charge in [0.05, 0.1) is 6.61 Å². The van der Waals surface area contributed by atoms with E-state index in [-0.39, 0.29) is 6.61 Å². The van der Waals surface area contributed by atoms with E-state index < -0.39 is 0 Å². The molecule has 0 aliphatic carbocycles. The highest BCUT2D eigenvalue weighted by Crippen LogP contribution is 2.13. The van der Waals surface area contributed by atoms with E-state index in [2.05, 4.69) is 4.98 Å². The Morgan fingerprint density at radius 1 is 1.45 bits per heavy atom. The third-order valence-corrected chi connectivity index (χ3v) is 1.58. The van der Waals surface area contributed by atoms with Gasteiger partial charge in [0.2, 0.25) is 0 Å². The standard InChI is InChI=1S/C8H7NO2/c10-4-6-1-2-7-8(3-6)11-5-9-7/h1-3,5,10H,4H2. The first-order valence-electron chi connectivity index (χ1n) is 3.33. The highest BCUT2D eigenvalue weighted by Gasteiger charge is 1.97. The lowest BCUT2D eigenvalue weighted by Gasteiger charge is -1.92. The predicted molar refractivity (Wildman–Crippen MR) is 39.9 cm³/mol. The molecule has 0 radical (unpaired) electrons. The van der Waals surface area contributed by atoms with Crippen LogP contribution < -0.4 is 0 Å². The summed E-state index contributed by atoms with van der Waals surface area (Å²) in [5.41, 5.74) is 2.38. The molecule has 0 unspecified atom stereocenters. The lowest BCUT2D eigenvalue weighted by atomic mass is 10.2. The number of benzene rings is 1. The monoisotopic (exact) mass is 149 g/mol. The molecular weight excluding hydrogens is 142 g/mol. The molecule has 0 spiro atoms. The summed E-state index contributed by atoms with van der Waals surface area (Å²) in [6, 6.07) is 5.43. The van der Waals surface area contributed by atoms with E-state index in [4.69, 9.17) is 9.52 Å². The Balaban J connectivity index is 2.67. The number of fused-ring (bicyclic) bond motifs is 1. The molecule has 0 aliphatic heterocycles. The summed E-state index contributed by atoms with van der Waals surface area (Å²) in [7, 11) is 0. The lowest BCUT2D eigenvalue weighted by Crippen LogP contribution is -1.80. The lowest BCUT2D eigenvalue weighted by molar-refractivity contribution is 0.282. The molecule has 0 atom stereocenters. The maximum absolute atomic E-state index is 8.77. The largest absolute Gasteiger partial charge is 0.443 e. The smallest absolute Gasteiger partial charge is 0.181 e. The van der Waals surface area contributed by atoms with Gasteiger partial charge in [0.1, 0.15) is 5.52 Å². The molecule has 3 heteroatoms. The van der Waals surface area contributed by atoms with Crippen molar-refractivity contribution < 1.29 is 9.52 Å². The number of nitrogens with zero attached hydrogens (tertiary/aromatic N) is 1. The van der Waals surface area contributed by atoms with Crippen LogP contribution in [-0.4, -0.2) is 10.1 Å². The highest BCUT2D eigenvalue weighted by atomic mass is 16.3. The Morgan fingerprint density at radius 2 is 2.36 bits per heavy atom. The molecule has 0 aliphatic rings. The molecule has 0 bridgehead atoms. The van der Waals surface area contributed by atoms with Gasteiger partial charge in [-0.05, 0) is 17.7 Å². The predicted octanol–water partition coefficient (Wildman–Crippen LogP) is 1.32. The van der Waals surface area contributed by atoms with Crippen LogP contribution in [0, 0.1) is 0 Å². The number of aliphatic hydroxyl groups excluding tert-OH is 1. The Hall–Kier alpha value is -1.35. The van der Waals surface area contributed by atoms with Crippen molar-refractivity contribution in [2.75, 3.05) is 0 Å². The van der Waals surface area contributed by atoms with Crippen molar-refractivity contribution in [1.29, 1.82) is 0 Å². The second kappa shape index (κ2) is 2.36. The van der Waals surface area contributed by atoms with Crippen molar-refractivity contribution in [2.24, 2.45) is 0 Å². The SMILES string of the molecule is OCc1ccc2ncoc2c1. The van der Waals surface area contributed by atoms with Gasteiger partial charge in [0.25, 0.3) is 0 Å². The molecule has 1 heterocycles. The molecule has 0 fully saturated rings. The molecule has 0 amide bonds. The second-order valence-electron chi connectivity index (χ2n) is 2.31. The van der Waals surface area contributed by atoms with Crippen LogP contribution in [0.1, 0.15) is 5.56 Å². The van der Waals surface area contributed by atoms with Crippen LogP contribution in [0.2, 0.25) is 0 Å². The Labute approximate surface area is 63.3 Å². The van der Waals surface area contributed by atoms with Crippen LogP contribution in [-0.2, 0) is 6.61 Å². The molecular formula is C8H7NO2. The first-order chi connectivity index (χ1) is 5.40. The number of hydrogen-bond donors (Lipinski definition) is 1. The van der Waals surface area contributed by atoms with Crippen molar-refractivity contribution in [2.45, 2.75) is 6.61 Å². The van der Waals surface area contributed by atoms with E-state index in [0.29, 0.717) is 0 Å². The summed E-state index contributed by atoms with van der Waals surface area (Å²) in [5, 5.41) is 8.77. The van der Waals surface area contributed by atoms with Crippen LogP contribution in [0.15, 0.2) is 29.0 Å². The van der Waals surface area contributed by atoms with E-state index in [1.807, 2.05) is 12.1 Å². The fourth-order valence-corrected chi connectivity index (χ4v) is 0.998. The van der Waals surface area contributed by atoms with E-state index in [1.54, 1.807) is 6.07 Å². The molecule has 11 heavy (non-hydrogen) atoms. The van der Waals surface area contributed by atoms with Crippen LogP contribution in [0.3, 0.4) is 0 Å². The maximum atomic E-state index is 8.77. The Bertz CT molecular complexity index is 367. The van der Waals surface area contributed by atoms with E-state index in [0.717, 1.165) is 16.7 Å². The quantitative estimate of drug-likeness (QED) is 0.665. The average Bonchev–Trinajstić information content (AvgIpc) is 2.50. The second-order valence-corrected chi connectivity index (χ2v) is 2.31. The van der Waals surface area contributed by atoms with Gasteiger partial charge in [-0.15, -0.1) is 0 Å². The number of aromatic nitrogens is 1. The number of oxazole rings is 1. The minimum atomic E-state index is 0.0383. The summed E-state index contributed by atoms with van der Waals surface area (Å²) in [5.74, 6) is 0. The fraction of sp³-hybridized carbons (Fsp3) is 0.125. The first-order valence-corrected chi connectivity index (χ1v) is 3.33. The van der Waals surface area contributed by atoms with E-state index >= 15 is 0 Å². The van der Waals surface area contributed by atoms with Crippen molar-refractivity contribution in [3.05, 3.63) is 30.2 Å².